The Kier molecular flexibility index (Phi) is 18.2. The number of carbonyl (C=O) groups is 4. The highest BCUT2D eigenvalue weighted by molar-refractivity contribution is 5.92. The fourth-order valence-electron chi connectivity index (χ4n) is 4.35. The van der Waals surface area contributed by atoms with Gasteiger partial charge in [0.2, 0.25) is 0 Å². The number of likely N-dealkylation sites (N-methyl/N-ethyl adjacent to an activating group) is 2. The average molecular weight is 699 g/mol. The van der Waals surface area contributed by atoms with Crippen molar-refractivity contribution in [1.82, 2.24) is 29.7 Å². The summed E-state index contributed by atoms with van der Waals surface area (Å²) in [6.07, 6.45) is 1.72. The van der Waals surface area contributed by atoms with E-state index in [1.165, 1.54) is 9.80 Å². The number of para-hydroxylation sites is 2. The molecule has 4 amide bonds. The molecule has 0 saturated heterocycles. The van der Waals surface area contributed by atoms with E-state index in [0.29, 0.717) is 24.6 Å². The van der Waals surface area contributed by atoms with Gasteiger partial charge in [0.05, 0.1) is 26.2 Å². The molecule has 0 unspecified atom stereocenters. The van der Waals surface area contributed by atoms with E-state index in [1.807, 2.05) is 126 Å². The van der Waals surface area contributed by atoms with Crippen molar-refractivity contribution in [2.24, 2.45) is 0 Å². The topological polar surface area (TPSA) is 125 Å². The SMILES string of the molecule is CC(C)N(CCOc1ccccc1)C(=O)N(CCN(C)C)OC(=O)/C=C/C(=O)ON(CCN(C)C)C(=O)N(CCOc1ccccc1)C(C)C. The summed E-state index contributed by atoms with van der Waals surface area (Å²) < 4.78 is 11.5. The Labute approximate surface area is 296 Å². The minimum atomic E-state index is -0.966. The van der Waals surface area contributed by atoms with Crippen molar-refractivity contribution in [3.8, 4) is 11.5 Å². The molecule has 14 heteroatoms. The zero-order chi connectivity index (χ0) is 37.1. The van der Waals surface area contributed by atoms with Crippen LogP contribution in [0.4, 0.5) is 9.59 Å². The summed E-state index contributed by atoms with van der Waals surface area (Å²) in [5.74, 6) is -0.585. The number of hydrogen-bond donors (Lipinski definition) is 0. The van der Waals surface area contributed by atoms with Gasteiger partial charge in [-0.1, -0.05) is 36.4 Å². The third kappa shape index (κ3) is 15.6. The van der Waals surface area contributed by atoms with Crippen molar-refractivity contribution >= 4 is 24.0 Å². The molecule has 0 heterocycles. The first-order valence-electron chi connectivity index (χ1n) is 16.7. The maximum atomic E-state index is 13.6. The Morgan fingerprint density at radius 2 is 0.880 bits per heavy atom. The van der Waals surface area contributed by atoms with E-state index in [-0.39, 0.29) is 51.5 Å². The highest BCUT2D eigenvalue weighted by Crippen LogP contribution is 2.12. The van der Waals surface area contributed by atoms with Gasteiger partial charge < -0.3 is 38.7 Å². The van der Waals surface area contributed by atoms with Crippen LogP contribution in [0.1, 0.15) is 27.7 Å². The summed E-state index contributed by atoms with van der Waals surface area (Å²) in [6, 6.07) is 17.0. The van der Waals surface area contributed by atoms with Crippen LogP contribution in [0.2, 0.25) is 0 Å². The number of nitrogens with zero attached hydrogens (tertiary/aromatic N) is 6. The Bertz CT molecular complexity index is 1240. The molecule has 0 fully saturated rings. The number of hydroxylamine groups is 4. The van der Waals surface area contributed by atoms with E-state index < -0.39 is 24.0 Å². The normalized spacial score (nSPS) is 11.2. The van der Waals surface area contributed by atoms with Crippen LogP contribution in [-0.4, -0.2) is 146 Å². The summed E-state index contributed by atoms with van der Waals surface area (Å²) in [6.45, 7) is 9.30. The molecular formula is C36H54N6O8. The van der Waals surface area contributed by atoms with Gasteiger partial charge in [-0.2, -0.15) is 10.1 Å². The quantitative estimate of drug-likeness (QED) is 0.167. The lowest BCUT2D eigenvalue weighted by atomic mass is 10.3. The monoisotopic (exact) mass is 698 g/mol. The minimum absolute atomic E-state index is 0.0739. The Morgan fingerprint density at radius 3 is 1.18 bits per heavy atom. The summed E-state index contributed by atoms with van der Waals surface area (Å²) in [4.78, 5) is 70.5. The van der Waals surface area contributed by atoms with Crippen LogP contribution in [0.5, 0.6) is 11.5 Å². The van der Waals surface area contributed by atoms with Crippen molar-refractivity contribution in [1.29, 1.82) is 0 Å². The summed E-state index contributed by atoms with van der Waals surface area (Å²) >= 11 is 0. The van der Waals surface area contributed by atoms with Crippen LogP contribution >= 0.6 is 0 Å². The molecule has 2 aromatic rings. The van der Waals surface area contributed by atoms with Crippen LogP contribution in [0.15, 0.2) is 72.8 Å². The maximum absolute atomic E-state index is 13.6. The standard InChI is InChI=1S/C36H54N6O8/c1-29(2)39(25-27-47-31-15-11-9-12-16-31)35(45)41(23-21-37(5)6)49-33(43)19-20-34(44)50-42(24-22-38(7)8)36(46)40(30(3)4)26-28-48-32-17-13-10-14-18-32/h9-20,29-30H,21-28H2,1-8H3/b20-19+. The van der Waals surface area contributed by atoms with Gasteiger partial charge in [0, 0.05) is 37.3 Å². The van der Waals surface area contributed by atoms with E-state index >= 15 is 0 Å². The van der Waals surface area contributed by atoms with Crippen molar-refractivity contribution in [2.75, 3.05) is 80.7 Å². The molecular weight excluding hydrogens is 644 g/mol. The van der Waals surface area contributed by atoms with Gasteiger partial charge in [0.1, 0.15) is 24.7 Å². The molecule has 0 spiro atoms. The highest BCUT2D eigenvalue weighted by Gasteiger charge is 2.28. The van der Waals surface area contributed by atoms with E-state index in [2.05, 4.69) is 0 Å². The molecule has 0 N–H and O–H groups in total. The molecule has 0 radical (unpaired) electrons. The van der Waals surface area contributed by atoms with Crippen LogP contribution < -0.4 is 9.47 Å². The lowest BCUT2D eigenvalue weighted by molar-refractivity contribution is -0.175. The largest absolute Gasteiger partial charge is 0.492 e. The molecule has 50 heavy (non-hydrogen) atoms. The second-order valence-corrected chi connectivity index (χ2v) is 12.4. The van der Waals surface area contributed by atoms with Gasteiger partial charge in [0.25, 0.3) is 0 Å². The number of benzene rings is 2. The first-order chi connectivity index (χ1) is 23.8. The molecule has 0 aromatic heterocycles. The third-order valence-electron chi connectivity index (χ3n) is 7.11. The van der Waals surface area contributed by atoms with Crippen molar-refractivity contribution in [3.05, 3.63) is 72.8 Å². The van der Waals surface area contributed by atoms with E-state index in [4.69, 9.17) is 19.1 Å². The van der Waals surface area contributed by atoms with Crippen LogP contribution in [0.3, 0.4) is 0 Å². The fraction of sp³-hybridized carbons (Fsp3) is 0.500. The van der Waals surface area contributed by atoms with Gasteiger partial charge in [-0.3, -0.25) is 0 Å². The summed E-state index contributed by atoms with van der Waals surface area (Å²) in [7, 11) is 7.31. The first kappa shape index (κ1) is 41.4. The van der Waals surface area contributed by atoms with Crippen LogP contribution in [0.25, 0.3) is 0 Å². The Balaban J connectivity index is 2.08. The summed E-state index contributed by atoms with van der Waals surface area (Å²) in [5.41, 5.74) is 0. The molecule has 0 saturated carbocycles. The second-order valence-electron chi connectivity index (χ2n) is 12.4. The second kappa shape index (κ2) is 22.0. The lowest BCUT2D eigenvalue weighted by Gasteiger charge is -2.32. The molecule has 14 nitrogen and oxygen atoms in total. The first-order valence-corrected chi connectivity index (χ1v) is 16.7. The zero-order valence-corrected chi connectivity index (χ0v) is 30.7. The Hall–Kier alpha value is -4.82. The molecule has 0 aliphatic rings. The number of rotatable bonds is 18. The van der Waals surface area contributed by atoms with Crippen molar-refractivity contribution < 1.29 is 38.3 Å². The van der Waals surface area contributed by atoms with Crippen LogP contribution in [-0.2, 0) is 19.3 Å². The number of hydrogen-bond acceptors (Lipinski definition) is 10. The lowest BCUT2D eigenvalue weighted by Crippen LogP contribution is -2.50. The maximum Gasteiger partial charge on any atom is 0.356 e. The third-order valence-corrected chi connectivity index (χ3v) is 7.11. The summed E-state index contributed by atoms with van der Waals surface area (Å²) in [5, 5.41) is 1.93. The van der Waals surface area contributed by atoms with E-state index in [1.54, 1.807) is 0 Å². The zero-order valence-electron chi connectivity index (χ0n) is 30.7. The minimum Gasteiger partial charge on any atom is -0.492 e. The smallest absolute Gasteiger partial charge is 0.356 e. The van der Waals surface area contributed by atoms with Gasteiger partial charge >= 0.3 is 24.0 Å². The molecule has 276 valence electrons. The van der Waals surface area contributed by atoms with E-state index in [9.17, 15) is 19.2 Å². The number of urea groups is 2. The number of ether oxygens (including phenoxy) is 2. The van der Waals surface area contributed by atoms with Gasteiger partial charge in [-0.05, 0) is 80.2 Å². The van der Waals surface area contributed by atoms with Gasteiger partial charge in [-0.25, -0.2) is 19.2 Å². The van der Waals surface area contributed by atoms with Crippen LogP contribution in [0, 0.1) is 0 Å². The Morgan fingerprint density at radius 1 is 0.540 bits per heavy atom. The van der Waals surface area contributed by atoms with Gasteiger partial charge in [-0.15, -0.1) is 0 Å². The number of amides is 4. The predicted octanol–water partition coefficient (Wildman–Crippen LogP) is 4.01. The number of carbonyl (C=O) groups excluding carboxylic acids is 4. The predicted molar refractivity (Wildman–Crippen MR) is 190 cm³/mol. The fourth-order valence-corrected chi connectivity index (χ4v) is 4.35. The molecule has 2 aromatic carbocycles. The van der Waals surface area contributed by atoms with E-state index in [0.717, 1.165) is 22.3 Å². The molecule has 0 aliphatic carbocycles. The molecule has 0 aliphatic heterocycles. The average Bonchev–Trinajstić information content (AvgIpc) is 3.07. The van der Waals surface area contributed by atoms with Crippen molar-refractivity contribution in [2.45, 2.75) is 39.8 Å². The molecule has 0 bridgehead atoms. The van der Waals surface area contributed by atoms with Gasteiger partial charge in [0.15, 0.2) is 0 Å². The molecule has 0 atom stereocenters. The molecule has 2 rings (SSSR count). The van der Waals surface area contributed by atoms with Crippen molar-refractivity contribution in [3.63, 3.8) is 0 Å². The highest BCUT2D eigenvalue weighted by atomic mass is 16.7.